The van der Waals surface area contributed by atoms with Gasteiger partial charge in [-0.2, -0.15) is 13.2 Å². The van der Waals surface area contributed by atoms with E-state index in [0.29, 0.717) is 24.8 Å². The third kappa shape index (κ3) is 4.09. The summed E-state index contributed by atoms with van der Waals surface area (Å²) in [4.78, 5) is 2.44. The second kappa shape index (κ2) is 6.44. The Labute approximate surface area is 113 Å². The van der Waals surface area contributed by atoms with Gasteiger partial charge in [0, 0.05) is 12.6 Å². The Balaban J connectivity index is 1.81. The molecule has 0 aromatic rings. The van der Waals surface area contributed by atoms with Crippen molar-refractivity contribution in [2.24, 2.45) is 11.8 Å². The minimum absolute atomic E-state index is 0.321. The molecule has 0 aromatic carbocycles. The van der Waals surface area contributed by atoms with E-state index in [0.717, 1.165) is 32.5 Å². The number of piperidine rings is 1. The predicted octanol–water partition coefficient (Wildman–Crippen LogP) is 3.04. The molecule has 1 aliphatic heterocycles. The van der Waals surface area contributed by atoms with Crippen LogP contribution >= 0.6 is 0 Å². The van der Waals surface area contributed by atoms with Crippen LogP contribution in [0.5, 0.6) is 0 Å². The molecule has 0 amide bonds. The van der Waals surface area contributed by atoms with Crippen LogP contribution in [0.2, 0.25) is 0 Å². The molecule has 1 saturated heterocycles. The van der Waals surface area contributed by atoms with E-state index in [9.17, 15) is 13.2 Å². The van der Waals surface area contributed by atoms with Crippen molar-refractivity contribution < 1.29 is 13.2 Å². The fourth-order valence-corrected chi connectivity index (χ4v) is 3.65. The van der Waals surface area contributed by atoms with Gasteiger partial charge in [0.05, 0.1) is 5.92 Å². The highest BCUT2D eigenvalue weighted by Crippen LogP contribution is 2.39. The number of nitrogens with zero attached hydrogens (tertiary/aromatic N) is 1. The Hall–Kier alpha value is -0.290. The van der Waals surface area contributed by atoms with Gasteiger partial charge in [0.2, 0.25) is 0 Å². The number of halogens is 3. The third-order valence-electron chi connectivity index (χ3n) is 4.72. The van der Waals surface area contributed by atoms with E-state index in [-0.39, 0.29) is 0 Å². The molecule has 0 radical (unpaired) electrons. The summed E-state index contributed by atoms with van der Waals surface area (Å²) in [5, 5.41) is 3.21. The van der Waals surface area contributed by atoms with Crippen LogP contribution in [0.15, 0.2) is 0 Å². The summed E-state index contributed by atoms with van der Waals surface area (Å²) in [6.45, 7) is 3.15. The zero-order valence-corrected chi connectivity index (χ0v) is 11.7. The number of hydrogen-bond donors (Lipinski definition) is 1. The van der Waals surface area contributed by atoms with Crippen LogP contribution in [-0.2, 0) is 0 Å². The van der Waals surface area contributed by atoms with Gasteiger partial charge in [0.15, 0.2) is 0 Å². The molecule has 112 valence electrons. The third-order valence-corrected chi connectivity index (χ3v) is 4.72. The van der Waals surface area contributed by atoms with Gasteiger partial charge >= 0.3 is 6.18 Å². The number of alkyl halides is 3. The first kappa shape index (κ1) is 15.1. The molecule has 0 aromatic heterocycles. The molecule has 19 heavy (non-hydrogen) atoms. The number of likely N-dealkylation sites (tertiary alicyclic amines) is 1. The first-order valence-corrected chi connectivity index (χ1v) is 7.46. The standard InChI is InChI=1S/C14H25F3N2/c1-18-9-11-3-2-8-19(10-11)13-6-4-12(5-7-13)14(15,16)17/h11-13,18H,2-10H2,1H3. The molecule has 2 nitrogen and oxygen atoms in total. The summed E-state index contributed by atoms with van der Waals surface area (Å²) in [6.07, 6.45) is 0.526. The Kier molecular flexibility index (Phi) is 5.12. The van der Waals surface area contributed by atoms with Crippen LogP contribution in [0, 0.1) is 11.8 Å². The molecule has 2 aliphatic rings. The van der Waals surface area contributed by atoms with Gasteiger partial charge in [0.25, 0.3) is 0 Å². The second-order valence-corrected chi connectivity index (χ2v) is 6.11. The highest BCUT2D eigenvalue weighted by atomic mass is 19.4. The maximum absolute atomic E-state index is 12.7. The molecule has 0 spiro atoms. The van der Waals surface area contributed by atoms with E-state index < -0.39 is 12.1 Å². The first-order chi connectivity index (χ1) is 9.00. The van der Waals surface area contributed by atoms with Crippen molar-refractivity contribution >= 4 is 0 Å². The molecule has 0 bridgehead atoms. The lowest BCUT2D eigenvalue weighted by Crippen LogP contribution is -2.46. The van der Waals surface area contributed by atoms with E-state index in [1.165, 1.54) is 12.8 Å². The van der Waals surface area contributed by atoms with Crippen LogP contribution in [-0.4, -0.2) is 43.8 Å². The van der Waals surface area contributed by atoms with Crippen molar-refractivity contribution in [3.8, 4) is 0 Å². The largest absolute Gasteiger partial charge is 0.391 e. The Morgan fingerprint density at radius 2 is 1.79 bits per heavy atom. The second-order valence-electron chi connectivity index (χ2n) is 6.11. The molecular weight excluding hydrogens is 253 g/mol. The molecule has 1 heterocycles. The SMILES string of the molecule is CNCC1CCCN(C2CCC(C(F)(F)F)CC2)C1. The average molecular weight is 278 g/mol. The van der Waals surface area contributed by atoms with Crippen molar-refractivity contribution in [2.75, 3.05) is 26.7 Å². The van der Waals surface area contributed by atoms with Crippen LogP contribution in [0.25, 0.3) is 0 Å². The van der Waals surface area contributed by atoms with E-state index in [1.54, 1.807) is 0 Å². The highest BCUT2D eigenvalue weighted by molar-refractivity contribution is 4.85. The van der Waals surface area contributed by atoms with Gasteiger partial charge in [-0.25, -0.2) is 0 Å². The number of hydrogen-bond acceptors (Lipinski definition) is 2. The maximum atomic E-state index is 12.7. The highest BCUT2D eigenvalue weighted by Gasteiger charge is 2.42. The summed E-state index contributed by atoms with van der Waals surface area (Å²) in [5.41, 5.74) is 0. The molecule has 5 heteroatoms. The van der Waals surface area contributed by atoms with Gasteiger partial charge in [-0.1, -0.05) is 0 Å². The summed E-state index contributed by atoms with van der Waals surface area (Å²) >= 11 is 0. The van der Waals surface area contributed by atoms with Crippen molar-refractivity contribution in [1.82, 2.24) is 10.2 Å². The van der Waals surface area contributed by atoms with Crippen molar-refractivity contribution in [3.05, 3.63) is 0 Å². The van der Waals surface area contributed by atoms with Crippen LogP contribution in [0.4, 0.5) is 13.2 Å². The number of rotatable bonds is 3. The van der Waals surface area contributed by atoms with Crippen molar-refractivity contribution in [1.29, 1.82) is 0 Å². The Morgan fingerprint density at radius 3 is 2.37 bits per heavy atom. The topological polar surface area (TPSA) is 15.3 Å². The molecule has 1 saturated carbocycles. The normalized spacial score (nSPS) is 34.4. The van der Waals surface area contributed by atoms with Gasteiger partial charge in [-0.15, -0.1) is 0 Å². The molecule has 2 fully saturated rings. The molecule has 1 aliphatic carbocycles. The summed E-state index contributed by atoms with van der Waals surface area (Å²) < 4.78 is 38.0. The minimum Gasteiger partial charge on any atom is -0.319 e. The lowest BCUT2D eigenvalue weighted by molar-refractivity contribution is -0.184. The van der Waals surface area contributed by atoms with Gasteiger partial charge in [-0.05, 0) is 64.6 Å². The summed E-state index contributed by atoms with van der Waals surface area (Å²) in [5.74, 6) is -0.388. The van der Waals surface area contributed by atoms with Crippen LogP contribution in [0.1, 0.15) is 38.5 Å². The van der Waals surface area contributed by atoms with E-state index >= 15 is 0 Å². The van der Waals surface area contributed by atoms with Crippen LogP contribution in [0.3, 0.4) is 0 Å². The zero-order chi connectivity index (χ0) is 13.9. The van der Waals surface area contributed by atoms with E-state index in [4.69, 9.17) is 0 Å². The monoisotopic (exact) mass is 278 g/mol. The quantitative estimate of drug-likeness (QED) is 0.853. The van der Waals surface area contributed by atoms with Gasteiger partial charge in [-0.3, -0.25) is 0 Å². The predicted molar refractivity (Wildman–Crippen MR) is 70.0 cm³/mol. The fraction of sp³-hybridized carbons (Fsp3) is 1.00. The van der Waals surface area contributed by atoms with Gasteiger partial charge in [0.1, 0.15) is 0 Å². The summed E-state index contributed by atoms with van der Waals surface area (Å²) in [6, 6.07) is 0.387. The van der Waals surface area contributed by atoms with E-state index in [1.807, 2.05) is 7.05 Å². The lowest BCUT2D eigenvalue weighted by Gasteiger charge is -2.41. The Morgan fingerprint density at radius 1 is 1.11 bits per heavy atom. The molecule has 1 atom stereocenters. The first-order valence-electron chi connectivity index (χ1n) is 7.46. The molecule has 1 N–H and O–H groups in total. The smallest absolute Gasteiger partial charge is 0.319 e. The lowest BCUT2D eigenvalue weighted by atomic mass is 9.83. The maximum Gasteiger partial charge on any atom is 0.391 e. The minimum atomic E-state index is -3.98. The number of nitrogens with one attached hydrogen (secondary N) is 1. The molecular formula is C14H25F3N2. The van der Waals surface area contributed by atoms with Crippen molar-refractivity contribution in [3.63, 3.8) is 0 Å². The fourth-order valence-electron chi connectivity index (χ4n) is 3.65. The zero-order valence-electron chi connectivity index (χ0n) is 11.7. The molecule has 2 rings (SSSR count). The van der Waals surface area contributed by atoms with E-state index in [2.05, 4.69) is 10.2 Å². The van der Waals surface area contributed by atoms with Crippen molar-refractivity contribution in [2.45, 2.75) is 50.7 Å². The Bertz CT molecular complexity index is 270. The summed E-state index contributed by atoms with van der Waals surface area (Å²) in [7, 11) is 1.97. The average Bonchev–Trinajstić information content (AvgIpc) is 2.39. The van der Waals surface area contributed by atoms with Gasteiger partial charge < -0.3 is 10.2 Å². The van der Waals surface area contributed by atoms with Crippen LogP contribution < -0.4 is 5.32 Å². The molecule has 1 unspecified atom stereocenters.